The van der Waals surface area contributed by atoms with E-state index in [-0.39, 0.29) is 18.0 Å². The van der Waals surface area contributed by atoms with Crippen LogP contribution in [0.4, 0.5) is 5.69 Å². The van der Waals surface area contributed by atoms with Crippen molar-refractivity contribution < 1.29 is 4.79 Å². The van der Waals surface area contributed by atoms with Crippen LogP contribution in [-0.2, 0) is 4.79 Å². The molecule has 1 fully saturated rings. The van der Waals surface area contributed by atoms with Gasteiger partial charge in [-0.3, -0.25) is 4.79 Å². The number of hydrogen-bond donors (Lipinski definition) is 1. The molecule has 98 valence electrons. The molecule has 1 aliphatic rings. The number of anilines is 1. The van der Waals surface area contributed by atoms with E-state index in [1.54, 1.807) is 4.90 Å². The number of carbonyl (C=O) groups excluding carboxylic acids is 1. The summed E-state index contributed by atoms with van der Waals surface area (Å²) in [5.74, 6) is 0.0752. The normalized spacial score (nSPS) is 24.6. The Bertz CT molecular complexity index is 434. The summed E-state index contributed by atoms with van der Waals surface area (Å²) in [6.07, 6.45) is 0. The third-order valence-electron chi connectivity index (χ3n) is 3.51. The largest absolute Gasteiger partial charge is 0.356 e. The zero-order valence-corrected chi connectivity index (χ0v) is 11.4. The quantitative estimate of drug-likeness (QED) is 0.880. The highest BCUT2D eigenvalue weighted by atomic mass is 35.5. The van der Waals surface area contributed by atoms with Gasteiger partial charge in [-0.2, -0.15) is 0 Å². The lowest BCUT2D eigenvalue weighted by Gasteiger charge is -2.44. The van der Waals surface area contributed by atoms with Gasteiger partial charge in [0.15, 0.2) is 0 Å². The van der Waals surface area contributed by atoms with Gasteiger partial charge in [0.25, 0.3) is 0 Å². The summed E-state index contributed by atoms with van der Waals surface area (Å²) in [4.78, 5) is 16.0. The van der Waals surface area contributed by atoms with Crippen LogP contribution in [0.25, 0.3) is 0 Å². The van der Waals surface area contributed by atoms with E-state index in [4.69, 9.17) is 17.3 Å². The van der Waals surface area contributed by atoms with Crippen molar-refractivity contribution in [3.8, 4) is 0 Å². The van der Waals surface area contributed by atoms with Gasteiger partial charge in [0.05, 0.1) is 0 Å². The molecular formula is C13H18ClN3O. The minimum absolute atomic E-state index is 0.0752. The summed E-state index contributed by atoms with van der Waals surface area (Å²) in [6, 6.07) is 7.41. The smallest absolute Gasteiger partial charge is 0.246 e. The number of piperazine rings is 1. The fraction of sp³-hybridized carbons (Fsp3) is 0.462. The first-order valence-corrected chi connectivity index (χ1v) is 6.41. The topological polar surface area (TPSA) is 49.6 Å². The van der Waals surface area contributed by atoms with Gasteiger partial charge in [0.2, 0.25) is 5.91 Å². The average molecular weight is 268 g/mol. The van der Waals surface area contributed by atoms with Gasteiger partial charge in [-0.05, 0) is 31.2 Å². The molecule has 2 N–H and O–H groups in total. The summed E-state index contributed by atoms with van der Waals surface area (Å²) in [5.41, 5.74) is 6.73. The lowest BCUT2D eigenvalue weighted by Crippen LogP contribution is -2.62. The predicted octanol–water partition coefficient (Wildman–Crippen LogP) is 1.33. The van der Waals surface area contributed by atoms with Crippen LogP contribution >= 0.6 is 11.6 Å². The van der Waals surface area contributed by atoms with Crippen molar-refractivity contribution in [2.24, 2.45) is 5.73 Å². The number of rotatable bonds is 2. The molecule has 0 aliphatic carbocycles. The van der Waals surface area contributed by atoms with Crippen LogP contribution in [0, 0.1) is 0 Å². The molecule has 4 nitrogen and oxygen atoms in total. The fourth-order valence-electron chi connectivity index (χ4n) is 2.27. The lowest BCUT2D eigenvalue weighted by molar-refractivity contribution is -0.134. The molecule has 1 aromatic carbocycles. The zero-order valence-electron chi connectivity index (χ0n) is 10.6. The molecular weight excluding hydrogens is 250 g/mol. The molecule has 5 heteroatoms. The van der Waals surface area contributed by atoms with E-state index in [1.165, 1.54) is 0 Å². The number of nitrogens with zero attached hydrogens (tertiary/aromatic N) is 2. The second-order valence-electron chi connectivity index (χ2n) is 4.68. The average Bonchev–Trinajstić information content (AvgIpc) is 2.37. The summed E-state index contributed by atoms with van der Waals surface area (Å²) in [7, 11) is 1.83. The first kappa shape index (κ1) is 13.2. The summed E-state index contributed by atoms with van der Waals surface area (Å²) >= 11 is 5.88. The van der Waals surface area contributed by atoms with Crippen molar-refractivity contribution in [3.05, 3.63) is 29.3 Å². The Kier molecular flexibility index (Phi) is 3.78. The van der Waals surface area contributed by atoms with Crippen molar-refractivity contribution in [3.63, 3.8) is 0 Å². The molecule has 1 heterocycles. The lowest BCUT2D eigenvalue weighted by atomic mass is 10.1. The number of halogens is 1. The van der Waals surface area contributed by atoms with Gasteiger partial charge in [0.1, 0.15) is 6.04 Å². The molecule has 1 saturated heterocycles. The maximum atomic E-state index is 12.2. The summed E-state index contributed by atoms with van der Waals surface area (Å²) < 4.78 is 0. The maximum absolute atomic E-state index is 12.2. The highest BCUT2D eigenvalue weighted by Crippen LogP contribution is 2.24. The second-order valence-corrected chi connectivity index (χ2v) is 5.11. The van der Waals surface area contributed by atoms with Gasteiger partial charge in [-0.1, -0.05) is 11.6 Å². The molecule has 2 unspecified atom stereocenters. The van der Waals surface area contributed by atoms with Gasteiger partial charge in [-0.25, -0.2) is 0 Å². The van der Waals surface area contributed by atoms with Gasteiger partial charge in [0, 0.05) is 36.9 Å². The van der Waals surface area contributed by atoms with Crippen LogP contribution in [0.15, 0.2) is 24.3 Å². The van der Waals surface area contributed by atoms with E-state index in [9.17, 15) is 4.79 Å². The standard InChI is InChI=1S/C13H18ClN3O/c1-9-8-17(11-5-3-10(14)4-6-11)12(7-15)13(18)16(9)2/h3-6,9,12H,7-8,15H2,1-2H3. The van der Waals surface area contributed by atoms with Gasteiger partial charge in [-0.15, -0.1) is 0 Å². The van der Waals surface area contributed by atoms with E-state index in [2.05, 4.69) is 4.90 Å². The molecule has 1 aliphatic heterocycles. The molecule has 0 bridgehead atoms. The van der Waals surface area contributed by atoms with Crippen molar-refractivity contribution >= 4 is 23.2 Å². The van der Waals surface area contributed by atoms with Crippen molar-refractivity contribution in [2.75, 3.05) is 25.0 Å². The Balaban J connectivity index is 2.30. The van der Waals surface area contributed by atoms with Crippen molar-refractivity contribution in [1.82, 2.24) is 4.90 Å². The molecule has 18 heavy (non-hydrogen) atoms. The SMILES string of the molecule is CC1CN(c2ccc(Cl)cc2)C(CN)C(=O)N1C. The third kappa shape index (κ3) is 2.31. The molecule has 0 saturated carbocycles. The fourth-order valence-corrected chi connectivity index (χ4v) is 2.39. The Morgan fingerprint density at radius 1 is 1.39 bits per heavy atom. The second kappa shape index (κ2) is 5.16. The van der Waals surface area contributed by atoms with Crippen molar-refractivity contribution in [1.29, 1.82) is 0 Å². The van der Waals surface area contributed by atoms with Gasteiger partial charge < -0.3 is 15.5 Å². The molecule has 1 aromatic rings. The minimum Gasteiger partial charge on any atom is -0.356 e. The highest BCUT2D eigenvalue weighted by molar-refractivity contribution is 6.30. The van der Waals surface area contributed by atoms with Crippen LogP contribution in [0.1, 0.15) is 6.92 Å². The Morgan fingerprint density at radius 2 is 2.00 bits per heavy atom. The molecule has 0 radical (unpaired) electrons. The Morgan fingerprint density at radius 3 is 2.56 bits per heavy atom. The molecule has 1 amide bonds. The summed E-state index contributed by atoms with van der Waals surface area (Å²) in [6.45, 7) is 3.14. The highest BCUT2D eigenvalue weighted by Gasteiger charge is 2.35. The third-order valence-corrected chi connectivity index (χ3v) is 3.76. The number of nitrogens with two attached hydrogens (primary N) is 1. The number of carbonyl (C=O) groups is 1. The zero-order chi connectivity index (χ0) is 13.3. The predicted molar refractivity (Wildman–Crippen MR) is 73.9 cm³/mol. The molecule has 2 rings (SSSR count). The van der Waals surface area contributed by atoms with Gasteiger partial charge >= 0.3 is 0 Å². The Hall–Kier alpha value is -1.26. The van der Waals surface area contributed by atoms with E-state index in [0.29, 0.717) is 11.6 Å². The van der Waals surface area contributed by atoms with E-state index >= 15 is 0 Å². The van der Waals surface area contributed by atoms with Crippen LogP contribution in [0.5, 0.6) is 0 Å². The van der Waals surface area contributed by atoms with Crippen LogP contribution in [0.2, 0.25) is 5.02 Å². The first-order valence-electron chi connectivity index (χ1n) is 6.03. The van der Waals surface area contributed by atoms with Crippen LogP contribution in [0.3, 0.4) is 0 Å². The minimum atomic E-state index is -0.285. The number of hydrogen-bond acceptors (Lipinski definition) is 3. The number of benzene rings is 1. The maximum Gasteiger partial charge on any atom is 0.246 e. The van der Waals surface area contributed by atoms with Crippen molar-refractivity contribution in [2.45, 2.75) is 19.0 Å². The molecule has 0 spiro atoms. The van der Waals surface area contributed by atoms with Crippen LogP contribution in [-0.4, -0.2) is 43.0 Å². The summed E-state index contributed by atoms with van der Waals surface area (Å²) in [5, 5.41) is 0.691. The Labute approximate surface area is 112 Å². The number of likely N-dealkylation sites (N-methyl/N-ethyl adjacent to an activating group) is 1. The van der Waals surface area contributed by atoms with E-state index < -0.39 is 0 Å². The first-order chi connectivity index (χ1) is 8.54. The monoisotopic (exact) mass is 267 g/mol. The molecule has 0 aromatic heterocycles. The number of amides is 1. The van der Waals surface area contributed by atoms with E-state index in [0.717, 1.165) is 12.2 Å². The molecule has 2 atom stereocenters. The van der Waals surface area contributed by atoms with Crippen LogP contribution < -0.4 is 10.6 Å². The van der Waals surface area contributed by atoms with E-state index in [1.807, 2.05) is 38.2 Å².